The van der Waals surface area contributed by atoms with Crippen LogP contribution in [0.15, 0.2) is 30.5 Å². The van der Waals surface area contributed by atoms with Crippen LogP contribution < -0.4 is 5.32 Å². The highest BCUT2D eigenvalue weighted by Gasteiger charge is 2.30. The molecule has 1 aliphatic heterocycles. The second-order valence-corrected chi connectivity index (χ2v) is 8.20. The van der Waals surface area contributed by atoms with E-state index in [1.54, 1.807) is 0 Å². The second-order valence-electron chi connectivity index (χ2n) is 7.76. The van der Waals surface area contributed by atoms with Crippen molar-refractivity contribution in [3.8, 4) is 5.69 Å². The maximum absolute atomic E-state index is 6.23. The average Bonchev–Trinajstić information content (AvgIpc) is 3.04. The molecular weight excluding hydrogens is 372 g/mol. The third-order valence-electron chi connectivity index (χ3n) is 5.94. The molecule has 2 aliphatic rings. The predicted octanol–water partition coefficient (Wildman–Crippen LogP) is 4.06. The molecule has 5 rings (SSSR count). The zero-order valence-electron chi connectivity index (χ0n) is 15.9. The molecule has 0 radical (unpaired) electrons. The number of nitrogens with one attached hydrogen (secondary N) is 1. The Labute approximate surface area is 169 Å². The van der Waals surface area contributed by atoms with Gasteiger partial charge in [-0.15, -0.1) is 10.2 Å². The smallest absolute Gasteiger partial charge is 0.151 e. The lowest BCUT2D eigenvalue weighted by Gasteiger charge is -2.28. The summed E-state index contributed by atoms with van der Waals surface area (Å²) in [4.78, 5) is 8.87. The van der Waals surface area contributed by atoms with Gasteiger partial charge in [0.15, 0.2) is 5.82 Å². The number of fused-ring (bicyclic) bond motifs is 3. The first-order valence-corrected chi connectivity index (χ1v) is 10.3. The van der Waals surface area contributed by atoms with Gasteiger partial charge in [0, 0.05) is 35.3 Å². The van der Waals surface area contributed by atoms with Crippen molar-refractivity contribution in [1.29, 1.82) is 0 Å². The van der Waals surface area contributed by atoms with Gasteiger partial charge in [-0.2, -0.15) is 0 Å². The van der Waals surface area contributed by atoms with E-state index in [0.29, 0.717) is 11.8 Å². The Kier molecular flexibility index (Phi) is 4.61. The van der Waals surface area contributed by atoms with Gasteiger partial charge in [0.2, 0.25) is 0 Å². The lowest BCUT2D eigenvalue weighted by atomic mass is 9.80. The van der Waals surface area contributed by atoms with Crippen molar-refractivity contribution in [2.24, 2.45) is 0 Å². The summed E-state index contributed by atoms with van der Waals surface area (Å²) >= 11 is 6.23. The lowest BCUT2D eigenvalue weighted by molar-refractivity contribution is 0.377. The zero-order chi connectivity index (χ0) is 19.1. The summed E-state index contributed by atoms with van der Waals surface area (Å²) in [5.41, 5.74) is 3.52. The fraction of sp³-hybridized carbons (Fsp3) is 0.429. The number of hydrogen-bond acceptors (Lipinski definition) is 5. The second kappa shape index (κ2) is 7.26. The van der Waals surface area contributed by atoms with E-state index in [9.17, 15) is 0 Å². The van der Waals surface area contributed by atoms with Gasteiger partial charge in [0.25, 0.3) is 0 Å². The van der Waals surface area contributed by atoms with Gasteiger partial charge in [-0.3, -0.25) is 4.57 Å². The minimum Gasteiger partial charge on any atom is -0.306 e. The molecule has 7 heteroatoms. The van der Waals surface area contributed by atoms with E-state index >= 15 is 0 Å². The van der Waals surface area contributed by atoms with Crippen LogP contribution in [0.4, 0.5) is 0 Å². The molecule has 6 nitrogen and oxygen atoms in total. The van der Waals surface area contributed by atoms with Crippen LogP contribution in [0.1, 0.15) is 66.2 Å². The van der Waals surface area contributed by atoms with Gasteiger partial charge < -0.3 is 5.32 Å². The zero-order valence-corrected chi connectivity index (χ0v) is 16.7. The molecule has 3 heterocycles. The van der Waals surface area contributed by atoms with Crippen LogP contribution in [0.3, 0.4) is 0 Å². The minimum atomic E-state index is 0.419. The van der Waals surface area contributed by atoms with Crippen molar-refractivity contribution < 1.29 is 0 Å². The van der Waals surface area contributed by atoms with Crippen molar-refractivity contribution in [1.82, 2.24) is 30.0 Å². The molecule has 0 atom stereocenters. The molecule has 1 saturated carbocycles. The molecule has 1 aliphatic carbocycles. The molecule has 0 spiro atoms. The van der Waals surface area contributed by atoms with Gasteiger partial charge in [0.05, 0.1) is 12.2 Å². The van der Waals surface area contributed by atoms with E-state index in [2.05, 4.69) is 42.2 Å². The molecule has 3 aromatic rings. The van der Waals surface area contributed by atoms with Gasteiger partial charge in [-0.1, -0.05) is 11.6 Å². The monoisotopic (exact) mass is 394 g/mol. The largest absolute Gasteiger partial charge is 0.306 e. The highest BCUT2D eigenvalue weighted by molar-refractivity contribution is 6.30. The molecule has 28 heavy (non-hydrogen) atoms. The summed E-state index contributed by atoms with van der Waals surface area (Å²) in [5.74, 6) is 3.84. The molecule has 0 saturated heterocycles. The number of hydrogen-bond donors (Lipinski definition) is 1. The molecular formula is C21H23ClN6. The molecule has 2 aromatic heterocycles. The summed E-state index contributed by atoms with van der Waals surface area (Å²) < 4.78 is 2.26. The van der Waals surface area contributed by atoms with Gasteiger partial charge in [0.1, 0.15) is 11.6 Å². The number of rotatable bonds is 2. The standard InChI is InChI=1S/C21H23ClN6/c1-13-24-9-8-18(25-13)14-2-4-15(5-3-14)21-27-26-20-12-23-11-16-10-17(22)6-7-19(16)28(20)21/h6-10,14-15,23H,2-5,11-12H2,1H3. The third kappa shape index (κ3) is 3.20. The summed E-state index contributed by atoms with van der Waals surface area (Å²) in [6.45, 7) is 3.46. The summed E-state index contributed by atoms with van der Waals surface area (Å²) in [7, 11) is 0. The molecule has 1 fully saturated rings. The molecule has 1 N–H and O–H groups in total. The predicted molar refractivity (Wildman–Crippen MR) is 108 cm³/mol. The molecule has 1 aromatic carbocycles. The Bertz CT molecular complexity index is 1010. The lowest BCUT2D eigenvalue weighted by Crippen LogP contribution is -2.17. The maximum Gasteiger partial charge on any atom is 0.151 e. The van der Waals surface area contributed by atoms with E-state index in [4.69, 9.17) is 11.6 Å². The number of halogens is 1. The Hall–Kier alpha value is -2.31. The van der Waals surface area contributed by atoms with Gasteiger partial charge >= 0.3 is 0 Å². The first kappa shape index (κ1) is 17.8. The fourth-order valence-electron chi connectivity index (χ4n) is 4.54. The number of aryl methyl sites for hydroxylation is 1. The normalized spacial score (nSPS) is 21.6. The van der Waals surface area contributed by atoms with Crippen LogP contribution >= 0.6 is 11.6 Å². The van der Waals surface area contributed by atoms with E-state index in [0.717, 1.165) is 67.0 Å². The van der Waals surface area contributed by atoms with Gasteiger partial charge in [-0.05, 0) is 62.4 Å². The first-order chi connectivity index (χ1) is 13.7. The fourth-order valence-corrected chi connectivity index (χ4v) is 4.74. The molecule has 144 valence electrons. The van der Waals surface area contributed by atoms with Crippen molar-refractivity contribution >= 4 is 11.6 Å². The summed E-state index contributed by atoms with van der Waals surface area (Å²) in [6, 6.07) is 8.15. The van der Waals surface area contributed by atoms with Gasteiger partial charge in [-0.25, -0.2) is 9.97 Å². The summed E-state index contributed by atoms with van der Waals surface area (Å²) in [5, 5.41) is 13.3. The Morgan fingerprint density at radius 1 is 1.04 bits per heavy atom. The average molecular weight is 395 g/mol. The van der Waals surface area contributed by atoms with Crippen LogP contribution in [0.5, 0.6) is 0 Å². The SMILES string of the molecule is Cc1nccc(C2CCC(c3nnc4n3-c3ccc(Cl)cc3CNC4)CC2)n1. The minimum absolute atomic E-state index is 0.419. The maximum atomic E-state index is 6.23. The van der Waals surface area contributed by atoms with Crippen LogP contribution in [0.25, 0.3) is 5.69 Å². The Morgan fingerprint density at radius 2 is 1.86 bits per heavy atom. The van der Waals surface area contributed by atoms with E-state index in [1.165, 1.54) is 11.3 Å². The highest BCUT2D eigenvalue weighted by Crippen LogP contribution is 2.40. The molecule has 0 amide bonds. The molecule has 0 bridgehead atoms. The van der Waals surface area contributed by atoms with Crippen LogP contribution in [-0.4, -0.2) is 24.7 Å². The Morgan fingerprint density at radius 3 is 2.68 bits per heavy atom. The van der Waals surface area contributed by atoms with Crippen LogP contribution in [0, 0.1) is 6.92 Å². The van der Waals surface area contributed by atoms with E-state index in [-0.39, 0.29) is 0 Å². The number of aromatic nitrogens is 5. The van der Waals surface area contributed by atoms with Crippen LogP contribution in [-0.2, 0) is 13.1 Å². The quantitative estimate of drug-likeness (QED) is 0.709. The third-order valence-corrected chi connectivity index (χ3v) is 6.18. The topological polar surface area (TPSA) is 68.5 Å². The van der Waals surface area contributed by atoms with E-state index in [1.807, 2.05) is 25.3 Å². The van der Waals surface area contributed by atoms with Crippen molar-refractivity contribution in [3.05, 3.63) is 64.2 Å². The van der Waals surface area contributed by atoms with Crippen molar-refractivity contribution in [2.45, 2.75) is 57.5 Å². The van der Waals surface area contributed by atoms with Crippen molar-refractivity contribution in [2.75, 3.05) is 0 Å². The van der Waals surface area contributed by atoms with E-state index < -0.39 is 0 Å². The Balaban J connectivity index is 1.42. The number of nitrogens with zero attached hydrogens (tertiary/aromatic N) is 5. The first-order valence-electron chi connectivity index (χ1n) is 9.92. The van der Waals surface area contributed by atoms with Crippen LogP contribution in [0.2, 0.25) is 5.02 Å². The summed E-state index contributed by atoms with van der Waals surface area (Å²) in [6.07, 6.45) is 6.31. The number of benzene rings is 1. The highest BCUT2D eigenvalue weighted by atomic mass is 35.5. The molecule has 0 unspecified atom stereocenters. The van der Waals surface area contributed by atoms with Crippen molar-refractivity contribution in [3.63, 3.8) is 0 Å².